The average Bonchev–Trinajstić information content (AvgIpc) is 3.27. The van der Waals surface area contributed by atoms with Gasteiger partial charge in [0.2, 0.25) is 0 Å². The Morgan fingerprint density at radius 3 is 2.82 bits per heavy atom. The van der Waals surface area contributed by atoms with Crippen molar-refractivity contribution in [3.63, 3.8) is 0 Å². The van der Waals surface area contributed by atoms with Crippen molar-refractivity contribution < 1.29 is 28.5 Å². The highest BCUT2D eigenvalue weighted by Crippen LogP contribution is 2.46. The zero-order chi connectivity index (χ0) is 23.8. The predicted molar refractivity (Wildman–Crippen MR) is 126 cm³/mol. The Bertz CT molecular complexity index is 1400. The van der Waals surface area contributed by atoms with Gasteiger partial charge in [-0.1, -0.05) is 12.1 Å². The lowest BCUT2D eigenvalue weighted by atomic mass is 10.0. The Labute approximate surface area is 198 Å². The molecule has 7 nitrogen and oxygen atoms in total. The minimum Gasteiger partial charge on any atom is -0.493 e. The number of hydrogen-bond acceptors (Lipinski definition) is 7. The standard InChI is InChI=1S/C25H21FN2O5S/c1-31-18-8-6-13(10-20(18)32-2)25(30)27-11-17(29)16-7-9-19-23(28-16)22-14-4-3-5-15(26)24(14)34-21(22)12-33-19/h3-10,17,29H,11-12H2,1-2H3,(H,27,30). The molecule has 1 atom stereocenters. The number of carbonyl (C=O) groups excluding carboxylic acids is 1. The van der Waals surface area contributed by atoms with Crippen molar-refractivity contribution in [3.05, 3.63) is 70.5 Å². The number of benzene rings is 2. The minimum absolute atomic E-state index is 0.0499. The zero-order valence-corrected chi connectivity index (χ0v) is 19.2. The molecular formula is C25H21FN2O5S. The summed E-state index contributed by atoms with van der Waals surface area (Å²) in [6, 6.07) is 13.2. The summed E-state index contributed by atoms with van der Waals surface area (Å²) >= 11 is 1.34. The van der Waals surface area contributed by atoms with Gasteiger partial charge in [0.05, 0.1) is 29.5 Å². The lowest BCUT2D eigenvalue weighted by molar-refractivity contribution is 0.0913. The molecule has 1 aliphatic rings. The first-order valence-corrected chi connectivity index (χ1v) is 11.3. The van der Waals surface area contributed by atoms with Crippen LogP contribution < -0.4 is 19.5 Å². The first-order valence-electron chi connectivity index (χ1n) is 10.5. The predicted octanol–water partition coefficient (Wildman–Crippen LogP) is 4.48. The van der Waals surface area contributed by atoms with E-state index in [-0.39, 0.29) is 18.3 Å². The van der Waals surface area contributed by atoms with Crippen molar-refractivity contribution in [3.8, 4) is 28.5 Å². The van der Waals surface area contributed by atoms with Crippen molar-refractivity contribution in [1.29, 1.82) is 0 Å². The summed E-state index contributed by atoms with van der Waals surface area (Å²) in [6.45, 7) is 0.289. The van der Waals surface area contributed by atoms with Gasteiger partial charge >= 0.3 is 0 Å². The lowest BCUT2D eigenvalue weighted by Crippen LogP contribution is -2.28. The van der Waals surface area contributed by atoms with Gasteiger partial charge < -0.3 is 24.6 Å². The Balaban J connectivity index is 1.37. The van der Waals surface area contributed by atoms with Crippen LogP contribution in [0.15, 0.2) is 48.5 Å². The van der Waals surface area contributed by atoms with Crippen LogP contribution in [0.1, 0.15) is 27.0 Å². The number of ether oxygens (including phenoxy) is 3. The molecule has 4 aromatic rings. The van der Waals surface area contributed by atoms with Crippen LogP contribution in [-0.2, 0) is 6.61 Å². The second-order valence-corrected chi connectivity index (χ2v) is 8.79. The number of rotatable bonds is 6. The molecule has 0 radical (unpaired) electrons. The van der Waals surface area contributed by atoms with Crippen LogP contribution >= 0.6 is 11.3 Å². The minimum atomic E-state index is -1.05. The fourth-order valence-corrected chi connectivity index (χ4v) is 5.07. The summed E-state index contributed by atoms with van der Waals surface area (Å²) in [4.78, 5) is 18.1. The number of nitrogens with zero attached hydrogens (tertiary/aromatic N) is 1. The maximum atomic E-state index is 14.3. The van der Waals surface area contributed by atoms with Crippen LogP contribution in [0.2, 0.25) is 0 Å². The van der Waals surface area contributed by atoms with Gasteiger partial charge in [0.25, 0.3) is 5.91 Å². The molecule has 174 valence electrons. The number of hydrogen-bond donors (Lipinski definition) is 2. The number of thiophene rings is 1. The van der Waals surface area contributed by atoms with Gasteiger partial charge in [-0.2, -0.15) is 0 Å². The molecule has 0 bridgehead atoms. The number of carbonyl (C=O) groups is 1. The molecule has 0 spiro atoms. The summed E-state index contributed by atoms with van der Waals surface area (Å²) in [5, 5.41) is 14.2. The number of aliphatic hydroxyl groups is 1. The van der Waals surface area contributed by atoms with Crippen molar-refractivity contribution in [2.45, 2.75) is 12.7 Å². The third-order valence-electron chi connectivity index (χ3n) is 5.66. The zero-order valence-electron chi connectivity index (χ0n) is 18.4. The lowest BCUT2D eigenvalue weighted by Gasteiger charge is -2.19. The fraction of sp³-hybridized carbons (Fsp3) is 0.200. The van der Waals surface area contributed by atoms with Crippen LogP contribution in [0.4, 0.5) is 4.39 Å². The van der Waals surface area contributed by atoms with E-state index in [0.717, 1.165) is 15.8 Å². The third kappa shape index (κ3) is 3.82. The molecule has 3 heterocycles. The van der Waals surface area contributed by atoms with E-state index in [1.807, 2.05) is 6.07 Å². The largest absolute Gasteiger partial charge is 0.493 e. The van der Waals surface area contributed by atoms with E-state index >= 15 is 0 Å². The highest BCUT2D eigenvalue weighted by atomic mass is 32.1. The molecule has 0 saturated carbocycles. The molecule has 0 aliphatic carbocycles. The molecule has 1 aliphatic heterocycles. The molecule has 2 N–H and O–H groups in total. The van der Waals surface area contributed by atoms with Crippen molar-refractivity contribution in [1.82, 2.24) is 10.3 Å². The third-order valence-corrected chi connectivity index (χ3v) is 6.85. The normalized spacial score (nSPS) is 12.9. The van der Waals surface area contributed by atoms with Gasteiger partial charge in [0.15, 0.2) is 11.5 Å². The number of aliphatic hydroxyl groups excluding tert-OH is 1. The van der Waals surface area contributed by atoms with Gasteiger partial charge in [-0.15, -0.1) is 11.3 Å². The average molecular weight is 481 g/mol. The smallest absolute Gasteiger partial charge is 0.251 e. The van der Waals surface area contributed by atoms with Crippen LogP contribution in [0.3, 0.4) is 0 Å². The van der Waals surface area contributed by atoms with E-state index in [9.17, 15) is 14.3 Å². The number of methoxy groups -OCH3 is 2. The van der Waals surface area contributed by atoms with E-state index in [0.29, 0.717) is 45.5 Å². The Morgan fingerprint density at radius 2 is 2.03 bits per heavy atom. The van der Waals surface area contributed by atoms with Gasteiger partial charge in [0, 0.05) is 23.1 Å². The summed E-state index contributed by atoms with van der Waals surface area (Å²) in [6.07, 6.45) is -1.05. The van der Waals surface area contributed by atoms with Gasteiger partial charge in [-0.25, -0.2) is 9.37 Å². The topological polar surface area (TPSA) is 89.9 Å². The summed E-state index contributed by atoms with van der Waals surface area (Å²) in [5.74, 6) is 0.860. The molecule has 9 heteroatoms. The van der Waals surface area contributed by atoms with Crippen molar-refractivity contribution in [2.24, 2.45) is 0 Å². The quantitative estimate of drug-likeness (QED) is 0.423. The van der Waals surface area contributed by atoms with Crippen LogP contribution in [0, 0.1) is 5.82 Å². The Kier molecular flexibility index (Phi) is 5.80. The number of fused-ring (bicyclic) bond motifs is 5. The summed E-state index contributed by atoms with van der Waals surface area (Å²) in [7, 11) is 3.01. The molecule has 34 heavy (non-hydrogen) atoms. The summed E-state index contributed by atoms with van der Waals surface area (Å²) < 4.78 is 31.1. The maximum absolute atomic E-state index is 14.3. The second-order valence-electron chi connectivity index (χ2n) is 7.68. The van der Waals surface area contributed by atoms with Crippen LogP contribution in [0.25, 0.3) is 21.3 Å². The molecule has 2 aromatic heterocycles. The highest BCUT2D eigenvalue weighted by molar-refractivity contribution is 7.19. The monoisotopic (exact) mass is 480 g/mol. The van der Waals surface area contributed by atoms with Crippen LogP contribution in [-0.4, -0.2) is 36.8 Å². The highest BCUT2D eigenvalue weighted by Gasteiger charge is 2.26. The Morgan fingerprint density at radius 1 is 1.21 bits per heavy atom. The molecule has 1 amide bonds. The number of nitrogens with one attached hydrogen (secondary N) is 1. The van der Waals surface area contributed by atoms with E-state index in [4.69, 9.17) is 14.2 Å². The molecule has 5 rings (SSSR count). The second kappa shape index (κ2) is 8.92. The van der Waals surface area contributed by atoms with Gasteiger partial charge in [-0.3, -0.25) is 4.79 Å². The first kappa shape index (κ1) is 22.1. The number of aromatic nitrogens is 1. The maximum Gasteiger partial charge on any atom is 0.251 e. The molecular weight excluding hydrogens is 459 g/mol. The first-order chi connectivity index (χ1) is 16.5. The number of halogens is 1. The van der Waals surface area contributed by atoms with E-state index < -0.39 is 6.10 Å². The SMILES string of the molecule is COc1ccc(C(=O)NCC(O)c2ccc3c(n2)-c2c(sc4c(F)cccc24)CO3)cc1OC. The molecule has 1 unspecified atom stereocenters. The van der Waals surface area contributed by atoms with Crippen molar-refractivity contribution >= 4 is 27.3 Å². The van der Waals surface area contributed by atoms with Gasteiger partial charge in [-0.05, 0) is 36.4 Å². The van der Waals surface area contributed by atoms with Gasteiger partial charge in [0.1, 0.15) is 30.0 Å². The molecule has 0 fully saturated rings. The number of pyridine rings is 1. The summed E-state index contributed by atoms with van der Waals surface area (Å²) in [5.41, 5.74) is 2.12. The fourth-order valence-electron chi connectivity index (χ4n) is 3.95. The number of amides is 1. The van der Waals surface area contributed by atoms with E-state index in [1.54, 1.807) is 36.4 Å². The molecule has 2 aromatic carbocycles. The van der Waals surface area contributed by atoms with Crippen molar-refractivity contribution in [2.75, 3.05) is 20.8 Å². The molecule has 0 saturated heterocycles. The van der Waals surface area contributed by atoms with E-state index in [2.05, 4.69) is 10.3 Å². The Hall–Kier alpha value is -3.69. The van der Waals surface area contributed by atoms with E-state index in [1.165, 1.54) is 31.6 Å². The van der Waals surface area contributed by atoms with Crippen LogP contribution in [0.5, 0.6) is 17.2 Å².